The van der Waals surface area contributed by atoms with Gasteiger partial charge in [-0.3, -0.25) is 9.59 Å². The van der Waals surface area contributed by atoms with Crippen molar-refractivity contribution >= 4 is 70.2 Å². The van der Waals surface area contributed by atoms with Gasteiger partial charge in [-0.25, -0.2) is 0 Å². The van der Waals surface area contributed by atoms with Gasteiger partial charge in [0.1, 0.15) is 0 Å². The molecule has 2 N–H and O–H groups in total. The summed E-state index contributed by atoms with van der Waals surface area (Å²) in [5.74, 6) is 2.55. The van der Waals surface area contributed by atoms with E-state index in [1.54, 1.807) is 23.5 Å². The van der Waals surface area contributed by atoms with E-state index in [4.69, 9.17) is 0 Å². The van der Waals surface area contributed by atoms with E-state index in [0.717, 1.165) is 55.3 Å². The lowest BCUT2D eigenvalue weighted by Gasteiger charge is -2.13. The van der Waals surface area contributed by atoms with E-state index in [0.29, 0.717) is 11.5 Å². The van der Waals surface area contributed by atoms with Gasteiger partial charge < -0.3 is 10.6 Å². The highest BCUT2D eigenvalue weighted by Crippen LogP contribution is 2.33. The van der Waals surface area contributed by atoms with Crippen LogP contribution in [0.2, 0.25) is 0 Å². The van der Waals surface area contributed by atoms with Crippen molar-refractivity contribution in [1.29, 1.82) is 0 Å². The number of thioether (sulfide) groups is 4. The fourth-order valence-electron chi connectivity index (χ4n) is 3.31. The molecule has 4 nitrogen and oxygen atoms in total. The van der Waals surface area contributed by atoms with E-state index in [1.807, 2.05) is 60.7 Å². The zero-order chi connectivity index (χ0) is 23.6. The first-order valence-electron chi connectivity index (χ1n) is 11.1. The molecule has 4 rings (SSSR count). The number of hydrogen-bond donors (Lipinski definition) is 2. The molecule has 0 aromatic heterocycles. The largest absolute Gasteiger partial charge is 0.324 e. The Hall–Kier alpha value is -2.00. The predicted molar refractivity (Wildman–Crippen MR) is 149 cm³/mol. The van der Waals surface area contributed by atoms with Crippen LogP contribution in [0.25, 0.3) is 0 Å². The summed E-state index contributed by atoms with van der Waals surface area (Å²) in [6.07, 6.45) is 2.16. The van der Waals surface area contributed by atoms with Crippen molar-refractivity contribution in [3.63, 3.8) is 0 Å². The van der Waals surface area contributed by atoms with E-state index in [2.05, 4.69) is 22.8 Å². The molecule has 8 heteroatoms. The maximum Gasteiger partial charge on any atom is 0.234 e. The number of amides is 2. The normalized spacial score (nSPS) is 16.2. The summed E-state index contributed by atoms with van der Waals surface area (Å²) in [5, 5.41) is 6.15. The lowest BCUT2D eigenvalue weighted by Crippen LogP contribution is -2.15. The van der Waals surface area contributed by atoms with Crippen molar-refractivity contribution < 1.29 is 9.59 Å². The minimum absolute atomic E-state index is 0.0296. The third kappa shape index (κ3) is 7.50. The van der Waals surface area contributed by atoms with Crippen LogP contribution in [-0.4, -0.2) is 34.8 Å². The maximum atomic E-state index is 12.7. The zero-order valence-corrected chi connectivity index (χ0v) is 21.9. The second kappa shape index (κ2) is 13.2. The van der Waals surface area contributed by atoms with Crippen molar-refractivity contribution in [2.45, 2.75) is 32.4 Å². The number of rotatable bonds is 0. The average Bonchev–Trinajstić information content (AvgIpc) is 2.85. The molecule has 176 valence electrons. The summed E-state index contributed by atoms with van der Waals surface area (Å²) in [6.45, 7) is 0. The molecular formula is C26H26N2O2S4. The van der Waals surface area contributed by atoms with Gasteiger partial charge in [0.05, 0.1) is 22.9 Å². The quantitative estimate of drug-likeness (QED) is 0.325. The van der Waals surface area contributed by atoms with Crippen LogP contribution >= 0.6 is 47.0 Å². The number of carbonyl (C=O) groups excluding carboxylic acids is 2. The van der Waals surface area contributed by atoms with Crippen LogP contribution in [0.15, 0.2) is 92.4 Å². The van der Waals surface area contributed by atoms with E-state index >= 15 is 0 Å². The molecule has 1 heterocycles. The molecule has 34 heavy (non-hydrogen) atoms. The van der Waals surface area contributed by atoms with Gasteiger partial charge in [-0.1, -0.05) is 36.4 Å². The minimum Gasteiger partial charge on any atom is -0.324 e. The summed E-state index contributed by atoms with van der Waals surface area (Å²) >= 11 is 6.55. The molecule has 1 aliphatic rings. The molecule has 0 atom stereocenters. The fraction of sp³-hybridized carbons (Fsp3) is 0.231. The van der Waals surface area contributed by atoms with Crippen molar-refractivity contribution in [3.8, 4) is 0 Å². The van der Waals surface area contributed by atoms with E-state index in [1.165, 1.54) is 23.5 Å². The Bertz CT molecular complexity index is 1050. The van der Waals surface area contributed by atoms with Crippen LogP contribution in [0.3, 0.4) is 0 Å². The monoisotopic (exact) mass is 526 g/mol. The number of carbonyl (C=O) groups is 2. The summed E-state index contributed by atoms with van der Waals surface area (Å²) < 4.78 is 0. The van der Waals surface area contributed by atoms with Gasteiger partial charge in [-0.2, -0.15) is 0 Å². The molecule has 0 radical (unpaired) electrons. The molecule has 0 unspecified atom stereocenters. The van der Waals surface area contributed by atoms with Crippen LogP contribution in [0.4, 0.5) is 11.4 Å². The first kappa shape index (κ1) is 25.1. The molecular weight excluding hydrogens is 501 g/mol. The molecule has 1 aliphatic heterocycles. The number of fused-ring (bicyclic) bond motifs is 3. The Morgan fingerprint density at radius 3 is 1.32 bits per heavy atom. The Labute approximate surface area is 217 Å². The van der Waals surface area contributed by atoms with E-state index in [-0.39, 0.29) is 11.8 Å². The van der Waals surface area contributed by atoms with E-state index < -0.39 is 0 Å². The lowest BCUT2D eigenvalue weighted by molar-refractivity contribution is -0.114. The van der Waals surface area contributed by atoms with Gasteiger partial charge in [0.15, 0.2) is 0 Å². The molecule has 0 saturated carbocycles. The summed E-state index contributed by atoms with van der Waals surface area (Å²) in [5.41, 5.74) is 1.74. The van der Waals surface area contributed by atoms with Gasteiger partial charge >= 0.3 is 0 Å². The number of hydrogen-bond acceptors (Lipinski definition) is 6. The molecule has 2 amide bonds. The highest BCUT2D eigenvalue weighted by molar-refractivity contribution is 8.03. The number of anilines is 2. The number of benzene rings is 3. The topological polar surface area (TPSA) is 58.2 Å². The second-order valence-electron chi connectivity index (χ2n) is 7.52. The van der Waals surface area contributed by atoms with Crippen molar-refractivity contribution in [1.82, 2.24) is 0 Å². The van der Waals surface area contributed by atoms with Gasteiger partial charge in [-0.15, -0.1) is 47.0 Å². The molecule has 0 saturated heterocycles. The second-order valence-corrected chi connectivity index (χ2v) is 11.8. The third-order valence-corrected chi connectivity index (χ3v) is 9.54. The van der Waals surface area contributed by atoms with Crippen LogP contribution in [0.1, 0.15) is 12.8 Å². The highest BCUT2D eigenvalue weighted by atomic mass is 32.2. The van der Waals surface area contributed by atoms with Crippen LogP contribution in [-0.2, 0) is 9.59 Å². The van der Waals surface area contributed by atoms with Crippen LogP contribution in [0.5, 0.6) is 0 Å². The highest BCUT2D eigenvalue weighted by Gasteiger charge is 2.13. The van der Waals surface area contributed by atoms with Crippen molar-refractivity contribution in [3.05, 3.63) is 72.8 Å². The summed E-state index contributed by atoms with van der Waals surface area (Å²) in [7, 11) is 0. The van der Waals surface area contributed by atoms with Gasteiger partial charge in [0, 0.05) is 19.6 Å². The van der Waals surface area contributed by atoms with Gasteiger partial charge in [0.25, 0.3) is 0 Å². The van der Waals surface area contributed by atoms with Gasteiger partial charge in [0.2, 0.25) is 11.8 Å². The molecule has 3 aromatic rings. The van der Waals surface area contributed by atoms with Gasteiger partial charge in [-0.05, 0) is 60.7 Å². The lowest BCUT2D eigenvalue weighted by atomic mass is 10.3. The molecule has 3 aromatic carbocycles. The predicted octanol–water partition coefficient (Wildman–Crippen LogP) is 7.13. The Kier molecular flexibility index (Phi) is 9.74. The van der Waals surface area contributed by atoms with Crippen molar-refractivity contribution in [2.75, 3.05) is 33.6 Å². The molecule has 0 fully saturated rings. The fourth-order valence-corrected chi connectivity index (χ4v) is 7.18. The zero-order valence-electron chi connectivity index (χ0n) is 18.6. The SMILES string of the molecule is O=C1CSc2ccccc2SCC(=O)Nc2ccccc2SCCCCSc2ccccc2N1. The van der Waals surface area contributed by atoms with Crippen LogP contribution < -0.4 is 10.6 Å². The molecule has 0 bridgehead atoms. The average molecular weight is 527 g/mol. The smallest absolute Gasteiger partial charge is 0.234 e. The summed E-state index contributed by atoms with van der Waals surface area (Å²) in [6, 6.07) is 23.9. The first-order valence-corrected chi connectivity index (χ1v) is 15.0. The summed E-state index contributed by atoms with van der Waals surface area (Å²) in [4.78, 5) is 29.6. The third-order valence-electron chi connectivity index (χ3n) is 4.94. The molecule has 0 aliphatic carbocycles. The Balaban J connectivity index is 1.52. The van der Waals surface area contributed by atoms with Crippen molar-refractivity contribution in [2.24, 2.45) is 0 Å². The number of para-hydroxylation sites is 2. The Morgan fingerprint density at radius 2 is 0.882 bits per heavy atom. The maximum absolute atomic E-state index is 12.7. The minimum atomic E-state index is -0.0296. The van der Waals surface area contributed by atoms with E-state index in [9.17, 15) is 9.59 Å². The van der Waals surface area contributed by atoms with Crippen LogP contribution in [0, 0.1) is 0 Å². The Morgan fingerprint density at radius 1 is 0.500 bits per heavy atom. The molecule has 0 spiro atoms. The number of nitrogens with one attached hydrogen (secondary N) is 2. The first-order chi connectivity index (χ1) is 16.7. The standard InChI is InChI=1S/C26H26N2O2S4/c29-25-17-33-23-13-5-6-14-24(23)34-18-26(30)28-20-10-2-4-12-22(20)32-16-8-7-15-31-21-11-3-1-9-19(21)27-25/h1-6,9-14H,7-8,15-18H2,(H,27,29)(H,28,30).